The highest BCUT2D eigenvalue weighted by Gasteiger charge is 2.58. The molecule has 2 aliphatic carbocycles. The van der Waals surface area contributed by atoms with Crippen LogP contribution >= 0.6 is 0 Å². The van der Waals surface area contributed by atoms with Crippen LogP contribution in [0.3, 0.4) is 0 Å². The molecule has 1 saturated heterocycles. The molecule has 0 unspecified atom stereocenters. The van der Waals surface area contributed by atoms with Crippen molar-refractivity contribution in [2.45, 2.75) is 70.4 Å². The summed E-state index contributed by atoms with van der Waals surface area (Å²) < 4.78 is 26.2. The normalized spacial score (nSPS) is 41.2. The maximum absolute atomic E-state index is 13.1. The molecule has 2 saturated carbocycles. The number of halogens is 2. The van der Waals surface area contributed by atoms with E-state index >= 15 is 0 Å². The van der Waals surface area contributed by atoms with Crippen molar-refractivity contribution in [3.63, 3.8) is 0 Å². The number of carbonyl (C=O) groups excluding carboxylic acids is 1. The van der Waals surface area contributed by atoms with E-state index in [9.17, 15) is 13.6 Å². The second-order valence-corrected chi connectivity index (χ2v) is 6.90. The third-order valence-electron chi connectivity index (χ3n) is 5.51. The third kappa shape index (κ3) is 2.38. The molecular formula is C15H23F2NO. The summed E-state index contributed by atoms with van der Waals surface area (Å²) in [6, 6.07) is 0.802. The van der Waals surface area contributed by atoms with E-state index in [4.69, 9.17) is 0 Å². The van der Waals surface area contributed by atoms with Crippen LogP contribution in [0.25, 0.3) is 0 Å². The molecule has 0 N–H and O–H groups in total. The summed E-state index contributed by atoms with van der Waals surface area (Å²) in [7, 11) is 0. The lowest BCUT2D eigenvalue weighted by atomic mass is 9.84. The van der Waals surface area contributed by atoms with Gasteiger partial charge in [-0.2, -0.15) is 0 Å². The Morgan fingerprint density at radius 3 is 2.47 bits per heavy atom. The standard InChI is InChI=1S/C15H23F2NO/c1-9-7-12-10(2)14(12)18(9)13(19)8-11-3-5-15(16,17)6-4-11/h9-12,14H,3-8H2,1-2H3/t9-,10-,12+,14-/m1/s1. The van der Waals surface area contributed by atoms with Gasteiger partial charge in [0.25, 0.3) is 0 Å². The molecule has 3 rings (SSSR count). The molecule has 4 heteroatoms. The number of carbonyl (C=O) groups is 1. The highest BCUT2D eigenvalue weighted by molar-refractivity contribution is 5.78. The van der Waals surface area contributed by atoms with Crippen LogP contribution in [0.15, 0.2) is 0 Å². The minimum atomic E-state index is -2.49. The van der Waals surface area contributed by atoms with Crippen LogP contribution in [-0.2, 0) is 4.79 Å². The quantitative estimate of drug-likeness (QED) is 0.753. The molecule has 1 aliphatic heterocycles. The number of nitrogens with zero attached hydrogens (tertiary/aromatic N) is 1. The molecule has 1 heterocycles. The molecule has 2 nitrogen and oxygen atoms in total. The predicted molar refractivity (Wildman–Crippen MR) is 68.9 cm³/mol. The fraction of sp³-hybridized carbons (Fsp3) is 0.933. The summed E-state index contributed by atoms with van der Waals surface area (Å²) in [6.07, 6.45) is 2.54. The van der Waals surface area contributed by atoms with Crippen molar-refractivity contribution < 1.29 is 13.6 Å². The Labute approximate surface area is 113 Å². The molecule has 0 aromatic heterocycles. The SMILES string of the molecule is C[C@@H]1[C@@H]2C[C@@H](C)N(C(=O)CC3CCC(F)(F)CC3)[C@H]12. The molecule has 0 spiro atoms. The molecule has 0 aromatic rings. The van der Waals surface area contributed by atoms with E-state index in [0.717, 1.165) is 6.42 Å². The summed E-state index contributed by atoms with van der Waals surface area (Å²) >= 11 is 0. The van der Waals surface area contributed by atoms with Gasteiger partial charge in [-0.25, -0.2) is 8.78 Å². The molecule has 19 heavy (non-hydrogen) atoms. The average Bonchev–Trinajstić information content (AvgIpc) is 2.81. The van der Waals surface area contributed by atoms with E-state index in [2.05, 4.69) is 18.7 Å². The molecule has 0 aromatic carbocycles. The lowest BCUT2D eigenvalue weighted by Gasteiger charge is -2.31. The van der Waals surface area contributed by atoms with Gasteiger partial charge in [0.2, 0.25) is 11.8 Å². The Bertz CT molecular complexity index is 374. The largest absolute Gasteiger partial charge is 0.336 e. The molecule has 0 bridgehead atoms. The maximum Gasteiger partial charge on any atom is 0.248 e. The Morgan fingerprint density at radius 1 is 1.26 bits per heavy atom. The summed E-state index contributed by atoms with van der Waals surface area (Å²) in [6.45, 7) is 4.33. The fourth-order valence-corrected chi connectivity index (χ4v) is 4.21. The van der Waals surface area contributed by atoms with Gasteiger partial charge in [0.15, 0.2) is 0 Å². The van der Waals surface area contributed by atoms with Gasteiger partial charge in [0.05, 0.1) is 0 Å². The van der Waals surface area contributed by atoms with Crippen molar-refractivity contribution in [2.75, 3.05) is 0 Å². The Hall–Kier alpha value is -0.670. The summed E-state index contributed by atoms with van der Waals surface area (Å²) in [5, 5.41) is 0. The first-order chi connectivity index (χ1) is 8.89. The van der Waals surface area contributed by atoms with Crippen LogP contribution in [-0.4, -0.2) is 28.8 Å². The molecule has 0 radical (unpaired) electrons. The molecule has 4 atom stereocenters. The molecule has 3 fully saturated rings. The van der Waals surface area contributed by atoms with Crippen LogP contribution in [0, 0.1) is 17.8 Å². The number of alkyl halides is 2. The van der Waals surface area contributed by atoms with E-state index in [1.54, 1.807) is 0 Å². The van der Waals surface area contributed by atoms with Gasteiger partial charge >= 0.3 is 0 Å². The number of rotatable bonds is 2. The minimum Gasteiger partial charge on any atom is -0.336 e. The van der Waals surface area contributed by atoms with Gasteiger partial charge in [-0.05, 0) is 43.9 Å². The van der Waals surface area contributed by atoms with Crippen molar-refractivity contribution in [2.24, 2.45) is 17.8 Å². The van der Waals surface area contributed by atoms with Gasteiger partial charge in [0, 0.05) is 31.3 Å². The number of amides is 1. The zero-order valence-corrected chi connectivity index (χ0v) is 11.7. The fourth-order valence-electron chi connectivity index (χ4n) is 4.21. The lowest BCUT2D eigenvalue weighted by Crippen LogP contribution is -2.39. The van der Waals surface area contributed by atoms with Crippen LogP contribution in [0.1, 0.15) is 52.4 Å². The first-order valence-corrected chi connectivity index (χ1v) is 7.58. The molecule has 3 aliphatic rings. The zero-order chi connectivity index (χ0) is 13.8. The van der Waals surface area contributed by atoms with Crippen molar-refractivity contribution >= 4 is 5.91 Å². The second kappa shape index (κ2) is 4.42. The second-order valence-electron chi connectivity index (χ2n) is 6.90. The van der Waals surface area contributed by atoms with Crippen molar-refractivity contribution in [3.8, 4) is 0 Å². The Kier molecular flexibility index (Phi) is 3.10. The predicted octanol–water partition coefficient (Wildman–Crippen LogP) is 3.46. The first kappa shape index (κ1) is 13.3. The number of piperidine rings is 1. The van der Waals surface area contributed by atoms with E-state index in [0.29, 0.717) is 43.2 Å². The van der Waals surface area contributed by atoms with Gasteiger partial charge in [-0.15, -0.1) is 0 Å². The van der Waals surface area contributed by atoms with Gasteiger partial charge in [0.1, 0.15) is 0 Å². The summed E-state index contributed by atoms with van der Waals surface area (Å²) in [5.74, 6) is -0.756. The summed E-state index contributed by atoms with van der Waals surface area (Å²) in [5.41, 5.74) is 0. The average molecular weight is 271 g/mol. The van der Waals surface area contributed by atoms with Gasteiger partial charge < -0.3 is 4.90 Å². The van der Waals surface area contributed by atoms with E-state index in [1.807, 2.05) is 0 Å². The number of hydrogen-bond donors (Lipinski definition) is 0. The van der Waals surface area contributed by atoms with Crippen molar-refractivity contribution in [3.05, 3.63) is 0 Å². The third-order valence-corrected chi connectivity index (χ3v) is 5.51. The number of hydrogen-bond acceptors (Lipinski definition) is 1. The maximum atomic E-state index is 13.1. The molecule has 1 amide bonds. The smallest absolute Gasteiger partial charge is 0.248 e. The Balaban J connectivity index is 1.54. The van der Waals surface area contributed by atoms with Crippen LogP contribution < -0.4 is 0 Å². The van der Waals surface area contributed by atoms with Crippen LogP contribution in [0.5, 0.6) is 0 Å². The number of fused-ring (bicyclic) bond motifs is 1. The highest BCUT2D eigenvalue weighted by atomic mass is 19.3. The van der Waals surface area contributed by atoms with Gasteiger partial charge in [-0.1, -0.05) is 6.92 Å². The Morgan fingerprint density at radius 2 is 1.89 bits per heavy atom. The topological polar surface area (TPSA) is 20.3 Å². The van der Waals surface area contributed by atoms with Crippen LogP contribution in [0.4, 0.5) is 8.78 Å². The van der Waals surface area contributed by atoms with Crippen LogP contribution in [0.2, 0.25) is 0 Å². The lowest BCUT2D eigenvalue weighted by molar-refractivity contribution is -0.135. The van der Waals surface area contributed by atoms with E-state index < -0.39 is 5.92 Å². The molecular weight excluding hydrogens is 248 g/mol. The van der Waals surface area contributed by atoms with Crippen molar-refractivity contribution in [1.29, 1.82) is 0 Å². The summed E-state index contributed by atoms with van der Waals surface area (Å²) in [4.78, 5) is 14.5. The minimum absolute atomic E-state index is 0.0387. The van der Waals surface area contributed by atoms with Crippen molar-refractivity contribution in [1.82, 2.24) is 4.90 Å². The zero-order valence-electron chi connectivity index (χ0n) is 11.7. The van der Waals surface area contributed by atoms with Gasteiger partial charge in [-0.3, -0.25) is 4.79 Å². The first-order valence-electron chi connectivity index (χ1n) is 7.58. The van der Waals surface area contributed by atoms with E-state index in [-0.39, 0.29) is 24.7 Å². The van der Waals surface area contributed by atoms with E-state index in [1.165, 1.54) is 0 Å². The number of likely N-dealkylation sites (tertiary alicyclic amines) is 1. The monoisotopic (exact) mass is 271 g/mol. The molecule has 108 valence electrons. The highest BCUT2D eigenvalue weighted by Crippen LogP contribution is 2.53.